The predicted octanol–water partition coefficient (Wildman–Crippen LogP) is 0.432. The summed E-state index contributed by atoms with van der Waals surface area (Å²) in [5.41, 5.74) is -0.0809. The zero-order valence-corrected chi connectivity index (χ0v) is 12.7. The van der Waals surface area contributed by atoms with Gasteiger partial charge in [-0.2, -0.15) is 0 Å². The Labute approximate surface area is 127 Å². The summed E-state index contributed by atoms with van der Waals surface area (Å²) in [6.07, 6.45) is 2.15. The zero-order chi connectivity index (χ0) is 15.6. The maximum atomic E-state index is 11.9. The molecular formula is C11H9BrN4O4S. The first-order chi connectivity index (χ1) is 9.77. The Kier molecular flexibility index (Phi) is 4.21. The van der Waals surface area contributed by atoms with Crippen molar-refractivity contribution in [2.45, 2.75) is 4.90 Å². The number of sulfonamides is 1. The largest absolute Gasteiger partial charge is 0.325 e. The number of carbonyl (C=O) groups excluding carboxylic acids is 1. The highest BCUT2D eigenvalue weighted by atomic mass is 79.9. The molecule has 0 saturated heterocycles. The molecule has 1 heterocycles. The molecule has 1 aromatic carbocycles. The van der Waals surface area contributed by atoms with Gasteiger partial charge in [0.05, 0.1) is 16.8 Å². The molecular weight excluding hydrogens is 364 g/mol. The molecule has 21 heavy (non-hydrogen) atoms. The van der Waals surface area contributed by atoms with Gasteiger partial charge in [-0.05, 0) is 34.1 Å². The summed E-state index contributed by atoms with van der Waals surface area (Å²) in [6, 6.07) is 3.91. The molecule has 0 unspecified atom stereocenters. The van der Waals surface area contributed by atoms with Gasteiger partial charge in [-0.25, -0.2) is 18.5 Å². The predicted molar refractivity (Wildman–Crippen MR) is 78.3 cm³/mol. The van der Waals surface area contributed by atoms with Gasteiger partial charge in [-0.15, -0.1) is 0 Å². The molecule has 0 bridgehead atoms. The second-order valence-electron chi connectivity index (χ2n) is 3.94. The van der Waals surface area contributed by atoms with Gasteiger partial charge in [-0.1, -0.05) is 0 Å². The van der Waals surface area contributed by atoms with E-state index < -0.39 is 21.5 Å². The highest BCUT2D eigenvalue weighted by Crippen LogP contribution is 2.25. The number of rotatable bonds is 3. The summed E-state index contributed by atoms with van der Waals surface area (Å²) in [6.45, 7) is 0. The molecule has 10 heteroatoms. The van der Waals surface area contributed by atoms with E-state index in [9.17, 15) is 18.0 Å². The van der Waals surface area contributed by atoms with Crippen LogP contribution in [0.5, 0.6) is 0 Å². The standard InChI is InChI=1S/C11H9BrN4O4S/c12-7-3-6(21(13,19)20)1-2-8(7)16-11(18)9-4-15-10(17)5-14-9/h1-5H,(H,15,17)(H,16,18)(H2,13,19,20). The first-order valence-electron chi connectivity index (χ1n) is 5.46. The van der Waals surface area contributed by atoms with Gasteiger partial charge in [0.25, 0.3) is 11.5 Å². The number of aromatic amines is 1. The van der Waals surface area contributed by atoms with E-state index in [4.69, 9.17) is 5.14 Å². The Balaban J connectivity index is 2.26. The number of hydrogen-bond donors (Lipinski definition) is 3. The number of carbonyl (C=O) groups is 1. The van der Waals surface area contributed by atoms with Crippen LogP contribution in [0.1, 0.15) is 10.5 Å². The number of nitrogens with two attached hydrogens (primary N) is 1. The summed E-state index contributed by atoms with van der Waals surface area (Å²) in [5.74, 6) is -0.560. The van der Waals surface area contributed by atoms with E-state index in [2.05, 4.69) is 31.2 Å². The second kappa shape index (κ2) is 5.76. The number of primary sulfonamides is 1. The SMILES string of the molecule is NS(=O)(=O)c1ccc(NC(=O)c2c[nH]c(=O)cn2)c(Br)c1. The molecule has 2 rings (SSSR count). The van der Waals surface area contributed by atoms with Crippen molar-refractivity contribution < 1.29 is 13.2 Å². The smallest absolute Gasteiger partial charge is 0.275 e. The third kappa shape index (κ3) is 3.74. The molecule has 0 saturated carbocycles. The number of hydrogen-bond acceptors (Lipinski definition) is 5. The van der Waals surface area contributed by atoms with Gasteiger partial charge >= 0.3 is 0 Å². The lowest BCUT2D eigenvalue weighted by molar-refractivity contribution is 0.102. The van der Waals surface area contributed by atoms with Crippen LogP contribution in [0.4, 0.5) is 5.69 Å². The maximum Gasteiger partial charge on any atom is 0.275 e. The minimum Gasteiger partial charge on any atom is -0.325 e. The van der Waals surface area contributed by atoms with E-state index in [0.29, 0.717) is 10.2 Å². The van der Waals surface area contributed by atoms with E-state index in [0.717, 1.165) is 6.20 Å². The summed E-state index contributed by atoms with van der Waals surface area (Å²) in [7, 11) is -3.82. The minimum atomic E-state index is -3.82. The van der Waals surface area contributed by atoms with Crippen molar-refractivity contribution in [2.24, 2.45) is 5.14 Å². The van der Waals surface area contributed by atoms with E-state index in [-0.39, 0.29) is 10.6 Å². The fourth-order valence-electron chi connectivity index (χ4n) is 1.43. The maximum absolute atomic E-state index is 11.9. The van der Waals surface area contributed by atoms with E-state index in [1.807, 2.05) is 0 Å². The molecule has 0 aliphatic carbocycles. The Morgan fingerprint density at radius 2 is 2.10 bits per heavy atom. The minimum absolute atomic E-state index is 0.0111. The van der Waals surface area contributed by atoms with Crippen LogP contribution in [-0.4, -0.2) is 24.3 Å². The molecule has 0 radical (unpaired) electrons. The summed E-state index contributed by atoms with van der Waals surface area (Å²) in [4.78, 5) is 28.7. The van der Waals surface area contributed by atoms with Gasteiger partial charge in [0.1, 0.15) is 5.69 Å². The van der Waals surface area contributed by atoms with Crippen molar-refractivity contribution in [1.29, 1.82) is 0 Å². The van der Waals surface area contributed by atoms with Gasteiger partial charge < -0.3 is 10.3 Å². The molecule has 4 N–H and O–H groups in total. The van der Waals surface area contributed by atoms with Crippen LogP contribution in [0.25, 0.3) is 0 Å². The van der Waals surface area contributed by atoms with Crippen LogP contribution in [0.15, 0.2) is 44.8 Å². The fraction of sp³-hybridized carbons (Fsp3) is 0. The number of nitrogens with one attached hydrogen (secondary N) is 2. The third-order valence-corrected chi connectivity index (χ3v) is 3.99. The molecule has 8 nitrogen and oxygen atoms in total. The third-order valence-electron chi connectivity index (χ3n) is 2.42. The quantitative estimate of drug-likeness (QED) is 0.717. The molecule has 1 amide bonds. The molecule has 1 aromatic heterocycles. The molecule has 2 aromatic rings. The van der Waals surface area contributed by atoms with Crippen LogP contribution in [-0.2, 0) is 10.0 Å². The molecule has 0 aliphatic rings. The normalized spacial score (nSPS) is 11.1. The Morgan fingerprint density at radius 1 is 1.38 bits per heavy atom. The van der Waals surface area contributed by atoms with Gasteiger partial charge in [0.15, 0.2) is 0 Å². The Hall–Kier alpha value is -2.04. The molecule has 0 atom stereocenters. The lowest BCUT2D eigenvalue weighted by Crippen LogP contribution is -2.17. The Bertz CT molecular complexity index is 842. The molecule has 110 valence electrons. The number of anilines is 1. The first-order valence-corrected chi connectivity index (χ1v) is 7.80. The second-order valence-corrected chi connectivity index (χ2v) is 6.35. The molecule has 0 aliphatic heterocycles. The van der Waals surface area contributed by atoms with Crippen molar-refractivity contribution in [3.05, 3.63) is 51.1 Å². The lowest BCUT2D eigenvalue weighted by atomic mass is 10.3. The zero-order valence-electron chi connectivity index (χ0n) is 10.3. The number of aromatic nitrogens is 2. The van der Waals surface area contributed by atoms with Crippen LogP contribution >= 0.6 is 15.9 Å². The van der Waals surface area contributed by atoms with Gasteiger partial charge in [0.2, 0.25) is 10.0 Å². The molecule has 0 spiro atoms. The number of halogens is 1. The van der Waals surface area contributed by atoms with E-state index in [1.165, 1.54) is 24.4 Å². The van der Waals surface area contributed by atoms with Crippen LogP contribution in [0.3, 0.4) is 0 Å². The van der Waals surface area contributed by atoms with E-state index in [1.54, 1.807) is 0 Å². The van der Waals surface area contributed by atoms with Gasteiger partial charge in [-0.3, -0.25) is 9.59 Å². The number of benzene rings is 1. The van der Waals surface area contributed by atoms with Crippen molar-refractivity contribution in [3.63, 3.8) is 0 Å². The topological polar surface area (TPSA) is 135 Å². The summed E-state index contributed by atoms with van der Waals surface area (Å²) >= 11 is 3.14. The average molecular weight is 373 g/mol. The fourth-order valence-corrected chi connectivity index (χ4v) is 2.60. The van der Waals surface area contributed by atoms with Crippen molar-refractivity contribution in [3.8, 4) is 0 Å². The van der Waals surface area contributed by atoms with Gasteiger partial charge in [0, 0.05) is 10.7 Å². The first kappa shape index (κ1) is 15.4. The van der Waals surface area contributed by atoms with E-state index >= 15 is 0 Å². The highest BCUT2D eigenvalue weighted by Gasteiger charge is 2.13. The lowest BCUT2D eigenvalue weighted by Gasteiger charge is -2.08. The van der Waals surface area contributed by atoms with Crippen LogP contribution in [0.2, 0.25) is 0 Å². The Morgan fingerprint density at radius 3 is 2.62 bits per heavy atom. The molecule has 0 fully saturated rings. The summed E-state index contributed by atoms with van der Waals surface area (Å²) < 4.78 is 22.7. The van der Waals surface area contributed by atoms with Crippen molar-refractivity contribution in [2.75, 3.05) is 5.32 Å². The average Bonchev–Trinajstić information content (AvgIpc) is 2.40. The van der Waals surface area contributed by atoms with Crippen molar-refractivity contribution >= 4 is 37.5 Å². The van der Waals surface area contributed by atoms with Crippen LogP contribution < -0.4 is 16.0 Å². The number of H-pyrrole nitrogens is 1. The van der Waals surface area contributed by atoms with Crippen molar-refractivity contribution in [1.82, 2.24) is 9.97 Å². The summed E-state index contributed by atoms with van der Waals surface area (Å²) in [5, 5.41) is 7.52. The number of nitrogens with zero attached hydrogens (tertiary/aromatic N) is 1. The monoisotopic (exact) mass is 372 g/mol. The highest BCUT2D eigenvalue weighted by molar-refractivity contribution is 9.10. The number of amides is 1. The van der Waals surface area contributed by atoms with Crippen LogP contribution in [0, 0.1) is 0 Å².